The number of ketones is 1. The van der Waals surface area contributed by atoms with Crippen LogP contribution in [-0.4, -0.2) is 30.3 Å². The Morgan fingerprint density at radius 1 is 1.09 bits per heavy atom. The molecule has 0 atom stereocenters. The Balaban J connectivity index is 2.41. The van der Waals surface area contributed by atoms with E-state index in [1.807, 2.05) is 13.8 Å². The van der Waals surface area contributed by atoms with Crippen LogP contribution in [0.3, 0.4) is 0 Å². The van der Waals surface area contributed by atoms with E-state index in [2.05, 4.69) is 4.90 Å². The first-order valence-corrected chi connectivity index (χ1v) is 7.22. The average molecular weight is 296 g/mol. The third-order valence-corrected chi connectivity index (χ3v) is 3.64. The summed E-state index contributed by atoms with van der Waals surface area (Å²) in [4.78, 5) is 25.5. The molecule has 0 saturated heterocycles. The number of phenolic OH excluding ortho intramolecular Hbond substituents is 1. The van der Waals surface area contributed by atoms with Crippen molar-refractivity contribution in [1.82, 2.24) is 0 Å². The molecule has 2 aromatic carbocycles. The lowest BCUT2D eigenvalue weighted by Gasteiger charge is -2.21. The highest BCUT2D eigenvalue weighted by molar-refractivity contribution is 6.14. The molecule has 0 aliphatic heterocycles. The maximum atomic E-state index is 12.5. The molecule has 0 fully saturated rings. The number of anilines is 1. The molecular weight excluding hydrogens is 278 g/mol. The summed E-state index contributed by atoms with van der Waals surface area (Å²) >= 11 is 0. The van der Waals surface area contributed by atoms with E-state index in [1.165, 1.54) is 6.07 Å². The van der Waals surface area contributed by atoms with E-state index in [0.717, 1.165) is 18.8 Å². The highest BCUT2D eigenvalue weighted by atomic mass is 16.3. The lowest BCUT2D eigenvalue weighted by molar-refractivity contribution is 0.103. The van der Waals surface area contributed by atoms with Crippen molar-refractivity contribution >= 4 is 17.8 Å². The highest BCUT2D eigenvalue weighted by Gasteiger charge is 2.17. The molecule has 0 saturated carbocycles. The molecule has 0 unspecified atom stereocenters. The molecule has 1 N–H and O–H groups in total. The summed E-state index contributed by atoms with van der Waals surface area (Å²) in [7, 11) is 0. The number of aromatic hydroxyl groups is 1. The van der Waals surface area contributed by atoms with Crippen molar-refractivity contribution in [2.24, 2.45) is 0 Å². The van der Waals surface area contributed by atoms with Gasteiger partial charge in [0.05, 0.1) is 5.56 Å². The van der Waals surface area contributed by atoms with E-state index in [9.17, 15) is 14.7 Å². The Labute approximate surface area is 130 Å². The summed E-state index contributed by atoms with van der Waals surface area (Å²) in [5.74, 6) is -0.474. The van der Waals surface area contributed by atoms with Crippen LogP contribution in [0.1, 0.15) is 35.3 Å². The molecule has 0 aliphatic rings. The fraction of sp³-hybridized carbons (Fsp3) is 0.222. The molecule has 0 aliphatic carbocycles. The predicted molar refractivity (Wildman–Crippen MR) is 86.3 cm³/mol. The molecule has 0 bridgehead atoms. The minimum absolute atomic E-state index is 0.0879. The molecular formula is C18H18NO3. The summed E-state index contributed by atoms with van der Waals surface area (Å²) in [6, 6.07) is 11.4. The number of phenols is 1. The molecule has 2 rings (SSSR count). The Morgan fingerprint density at radius 2 is 1.77 bits per heavy atom. The van der Waals surface area contributed by atoms with Crippen molar-refractivity contribution in [3.8, 4) is 5.75 Å². The molecule has 0 aromatic heterocycles. The first-order chi connectivity index (χ1) is 10.6. The van der Waals surface area contributed by atoms with Crippen molar-refractivity contribution in [1.29, 1.82) is 0 Å². The first kappa shape index (κ1) is 15.8. The fourth-order valence-corrected chi connectivity index (χ4v) is 2.41. The number of benzene rings is 2. The van der Waals surface area contributed by atoms with Gasteiger partial charge in [0.1, 0.15) is 5.75 Å². The van der Waals surface area contributed by atoms with Gasteiger partial charge in [-0.2, -0.15) is 0 Å². The molecule has 0 spiro atoms. The van der Waals surface area contributed by atoms with E-state index in [1.54, 1.807) is 42.7 Å². The van der Waals surface area contributed by atoms with Crippen LogP contribution < -0.4 is 4.90 Å². The second-order valence-electron chi connectivity index (χ2n) is 4.85. The first-order valence-electron chi connectivity index (χ1n) is 7.22. The van der Waals surface area contributed by atoms with Crippen molar-refractivity contribution in [3.05, 3.63) is 59.2 Å². The van der Waals surface area contributed by atoms with Crippen LogP contribution in [0.15, 0.2) is 42.5 Å². The van der Waals surface area contributed by atoms with Crippen LogP contribution in [0.4, 0.5) is 5.69 Å². The van der Waals surface area contributed by atoms with Gasteiger partial charge in [-0.15, -0.1) is 0 Å². The van der Waals surface area contributed by atoms with Gasteiger partial charge < -0.3 is 10.0 Å². The van der Waals surface area contributed by atoms with Crippen molar-refractivity contribution < 1.29 is 14.7 Å². The summed E-state index contributed by atoms with van der Waals surface area (Å²) < 4.78 is 0. The second-order valence-corrected chi connectivity index (χ2v) is 4.85. The summed E-state index contributed by atoms with van der Waals surface area (Å²) in [6.07, 6.45) is 1.75. The van der Waals surface area contributed by atoms with E-state index < -0.39 is 0 Å². The monoisotopic (exact) mass is 296 g/mol. The quantitative estimate of drug-likeness (QED) is 0.833. The smallest absolute Gasteiger partial charge is 0.234 e. The topological polar surface area (TPSA) is 57.6 Å². The summed E-state index contributed by atoms with van der Waals surface area (Å²) in [6.45, 7) is 5.67. The van der Waals surface area contributed by atoms with Gasteiger partial charge in [-0.05, 0) is 26.0 Å². The van der Waals surface area contributed by atoms with E-state index in [4.69, 9.17) is 0 Å². The SMILES string of the molecule is CCN(CC)c1ccc(C(=O)c2ccccc2[C]=O)c(O)c1. The van der Waals surface area contributed by atoms with E-state index in [-0.39, 0.29) is 28.2 Å². The maximum Gasteiger partial charge on any atom is 0.234 e. The van der Waals surface area contributed by atoms with Crippen LogP contribution in [0.5, 0.6) is 5.75 Å². The fourth-order valence-electron chi connectivity index (χ4n) is 2.41. The number of hydrogen-bond acceptors (Lipinski definition) is 4. The average Bonchev–Trinajstić information content (AvgIpc) is 2.55. The Bertz CT molecular complexity index is 690. The van der Waals surface area contributed by atoms with Gasteiger partial charge in [-0.25, -0.2) is 0 Å². The predicted octanol–water partition coefficient (Wildman–Crippen LogP) is 2.93. The van der Waals surface area contributed by atoms with Crippen molar-refractivity contribution in [3.63, 3.8) is 0 Å². The standard InChI is InChI=1S/C18H18NO3/c1-3-19(4-2)14-9-10-16(17(21)11-14)18(22)15-8-6-5-7-13(15)12-20/h5-11,21H,3-4H2,1-2H3. The number of nitrogens with zero attached hydrogens (tertiary/aromatic N) is 1. The van der Waals surface area contributed by atoms with Crippen LogP contribution in [0.2, 0.25) is 0 Å². The lowest BCUT2D eigenvalue weighted by atomic mass is 9.98. The zero-order chi connectivity index (χ0) is 16.1. The molecule has 22 heavy (non-hydrogen) atoms. The number of rotatable bonds is 6. The Hall–Kier alpha value is -2.62. The van der Waals surface area contributed by atoms with Gasteiger partial charge in [0.2, 0.25) is 6.29 Å². The maximum absolute atomic E-state index is 12.5. The lowest BCUT2D eigenvalue weighted by Crippen LogP contribution is -2.21. The van der Waals surface area contributed by atoms with Crippen LogP contribution in [0.25, 0.3) is 0 Å². The van der Waals surface area contributed by atoms with Crippen LogP contribution >= 0.6 is 0 Å². The molecule has 4 nitrogen and oxygen atoms in total. The number of carbonyl (C=O) groups excluding carboxylic acids is 2. The van der Waals surface area contributed by atoms with E-state index >= 15 is 0 Å². The van der Waals surface area contributed by atoms with Gasteiger partial charge in [0, 0.05) is 36.0 Å². The molecule has 0 amide bonds. The van der Waals surface area contributed by atoms with Crippen molar-refractivity contribution in [2.45, 2.75) is 13.8 Å². The zero-order valence-electron chi connectivity index (χ0n) is 12.7. The minimum Gasteiger partial charge on any atom is -0.507 e. The summed E-state index contributed by atoms with van der Waals surface area (Å²) in [5.41, 5.74) is 1.47. The van der Waals surface area contributed by atoms with E-state index in [0.29, 0.717) is 0 Å². The Kier molecular flexibility index (Phi) is 4.94. The van der Waals surface area contributed by atoms with Gasteiger partial charge in [0.25, 0.3) is 0 Å². The molecule has 1 radical (unpaired) electrons. The van der Waals surface area contributed by atoms with Gasteiger partial charge in [0.15, 0.2) is 5.78 Å². The zero-order valence-corrected chi connectivity index (χ0v) is 12.7. The number of carbonyl (C=O) groups is 1. The highest BCUT2D eigenvalue weighted by Crippen LogP contribution is 2.27. The third-order valence-electron chi connectivity index (χ3n) is 3.64. The normalized spacial score (nSPS) is 10.3. The molecule has 4 heteroatoms. The van der Waals surface area contributed by atoms with Gasteiger partial charge in [-0.1, -0.05) is 24.3 Å². The Morgan fingerprint density at radius 3 is 2.36 bits per heavy atom. The summed E-state index contributed by atoms with van der Waals surface area (Å²) in [5, 5.41) is 10.2. The molecule has 2 aromatic rings. The molecule has 113 valence electrons. The van der Waals surface area contributed by atoms with Crippen LogP contribution in [-0.2, 0) is 4.79 Å². The third kappa shape index (κ3) is 3.01. The number of hydrogen-bond donors (Lipinski definition) is 1. The van der Waals surface area contributed by atoms with Crippen LogP contribution in [0, 0.1) is 0 Å². The largest absolute Gasteiger partial charge is 0.507 e. The minimum atomic E-state index is -0.387. The van der Waals surface area contributed by atoms with Crippen molar-refractivity contribution in [2.75, 3.05) is 18.0 Å². The molecule has 0 heterocycles. The van der Waals surface area contributed by atoms with Gasteiger partial charge >= 0.3 is 0 Å². The van der Waals surface area contributed by atoms with Gasteiger partial charge in [-0.3, -0.25) is 9.59 Å². The second kappa shape index (κ2) is 6.89.